The Morgan fingerprint density at radius 2 is 1.97 bits per heavy atom. The molecular weight excluding hydrogens is 441 g/mol. The number of benzene rings is 1. The van der Waals surface area contributed by atoms with Crippen LogP contribution >= 0.6 is 0 Å². The Morgan fingerprint density at radius 3 is 2.62 bits per heavy atom. The molecule has 34 heavy (non-hydrogen) atoms. The number of rotatable bonds is 7. The smallest absolute Gasteiger partial charge is 0.342 e. The van der Waals surface area contributed by atoms with E-state index in [1.54, 1.807) is 12.1 Å². The maximum absolute atomic E-state index is 14.3. The zero-order valence-corrected chi connectivity index (χ0v) is 19.0. The predicted molar refractivity (Wildman–Crippen MR) is 124 cm³/mol. The standard InChI is InChI=1S/C24H28FN5O4/c1-34-22(32)20-18(25)3-2-4-19(20)30-9-5-15(6-10-30)12-28-23(33)24(7-8-24)29-21(31)16-11-17(26)14-27-13-16/h2-4,11,13-15H,5-10,12,26H2,1H3,(H,28,33)(H,29,31). The maximum atomic E-state index is 14.3. The van der Waals surface area contributed by atoms with Crippen molar-refractivity contribution in [1.82, 2.24) is 15.6 Å². The molecule has 1 saturated heterocycles. The van der Waals surface area contributed by atoms with Gasteiger partial charge in [-0.3, -0.25) is 14.6 Å². The van der Waals surface area contributed by atoms with Crippen LogP contribution in [0.25, 0.3) is 0 Å². The van der Waals surface area contributed by atoms with E-state index in [1.165, 1.54) is 31.6 Å². The number of nitrogens with zero attached hydrogens (tertiary/aromatic N) is 2. The van der Waals surface area contributed by atoms with Crippen LogP contribution < -0.4 is 21.3 Å². The van der Waals surface area contributed by atoms with E-state index in [0.717, 1.165) is 12.8 Å². The molecule has 9 nitrogen and oxygen atoms in total. The minimum absolute atomic E-state index is 0.0569. The van der Waals surface area contributed by atoms with E-state index >= 15 is 0 Å². The van der Waals surface area contributed by atoms with Crippen molar-refractivity contribution in [2.45, 2.75) is 31.2 Å². The first-order chi connectivity index (χ1) is 16.3. The van der Waals surface area contributed by atoms with Crippen molar-refractivity contribution < 1.29 is 23.5 Å². The lowest BCUT2D eigenvalue weighted by Crippen LogP contribution is -2.50. The van der Waals surface area contributed by atoms with Gasteiger partial charge in [0.05, 0.1) is 24.0 Å². The highest BCUT2D eigenvalue weighted by Gasteiger charge is 2.51. The van der Waals surface area contributed by atoms with Gasteiger partial charge in [0, 0.05) is 32.0 Å². The predicted octanol–water partition coefficient (Wildman–Crippen LogP) is 1.88. The Morgan fingerprint density at radius 1 is 1.24 bits per heavy atom. The fourth-order valence-electron chi connectivity index (χ4n) is 4.27. The summed E-state index contributed by atoms with van der Waals surface area (Å²) in [6, 6.07) is 6.06. The van der Waals surface area contributed by atoms with Gasteiger partial charge in [-0.25, -0.2) is 9.18 Å². The number of piperidine rings is 1. The van der Waals surface area contributed by atoms with Crippen molar-refractivity contribution >= 4 is 29.2 Å². The van der Waals surface area contributed by atoms with Gasteiger partial charge < -0.3 is 26.0 Å². The number of halogens is 1. The quantitative estimate of drug-likeness (QED) is 0.529. The number of ether oxygens (including phenoxy) is 1. The number of anilines is 2. The highest BCUT2D eigenvalue weighted by Crippen LogP contribution is 2.36. The van der Waals surface area contributed by atoms with Crippen LogP contribution in [0.4, 0.5) is 15.8 Å². The summed E-state index contributed by atoms with van der Waals surface area (Å²) >= 11 is 0. The molecule has 0 spiro atoms. The largest absolute Gasteiger partial charge is 0.465 e. The summed E-state index contributed by atoms with van der Waals surface area (Å²) in [6.45, 7) is 1.73. The van der Waals surface area contributed by atoms with Crippen LogP contribution in [0.15, 0.2) is 36.7 Å². The van der Waals surface area contributed by atoms with E-state index in [-0.39, 0.29) is 23.3 Å². The van der Waals surface area contributed by atoms with Crippen LogP contribution in [0.5, 0.6) is 0 Å². The highest BCUT2D eigenvalue weighted by molar-refractivity contribution is 6.01. The number of hydrogen-bond acceptors (Lipinski definition) is 7. The van der Waals surface area contributed by atoms with E-state index in [9.17, 15) is 18.8 Å². The molecule has 0 bridgehead atoms. The van der Waals surface area contributed by atoms with Crippen molar-refractivity contribution in [1.29, 1.82) is 0 Å². The third-order valence-corrected chi connectivity index (χ3v) is 6.45. The van der Waals surface area contributed by atoms with Gasteiger partial charge in [0.2, 0.25) is 5.91 Å². The number of aromatic nitrogens is 1. The number of carbonyl (C=O) groups excluding carboxylic acids is 3. The second-order valence-electron chi connectivity index (χ2n) is 8.81. The third kappa shape index (κ3) is 4.95. The van der Waals surface area contributed by atoms with Crippen molar-refractivity contribution in [2.24, 2.45) is 5.92 Å². The van der Waals surface area contributed by atoms with Gasteiger partial charge in [0.15, 0.2) is 0 Å². The number of nitrogen functional groups attached to an aromatic ring is 1. The maximum Gasteiger partial charge on any atom is 0.342 e. The van der Waals surface area contributed by atoms with Crippen molar-refractivity contribution in [2.75, 3.05) is 37.4 Å². The summed E-state index contributed by atoms with van der Waals surface area (Å²) in [5, 5.41) is 5.80. The summed E-state index contributed by atoms with van der Waals surface area (Å²) in [6.07, 6.45) is 5.56. The molecule has 1 aromatic carbocycles. The fraction of sp³-hybridized carbons (Fsp3) is 0.417. The molecule has 180 valence electrons. The average molecular weight is 470 g/mol. The molecule has 2 aromatic rings. The molecule has 1 aromatic heterocycles. The molecule has 0 radical (unpaired) electrons. The first-order valence-corrected chi connectivity index (χ1v) is 11.3. The van der Waals surface area contributed by atoms with Crippen LogP contribution in [-0.4, -0.2) is 55.1 Å². The molecule has 1 aliphatic carbocycles. The molecular formula is C24H28FN5O4. The van der Waals surface area contributed by atoms with Gasteiger partial charge in [0.25, 0.3) is 5.91 Å². The second-order valence-corrected chi connectivity index (χ2v) is 8.81. The highest BCUT2D eigenvalue weighted by atomic mass is 19.1. The number of nitrogens with one attached hydrogen (secondary N) is 2. The van der Waals surface area contributed by atoms with Crippen LogP contribution in [0.2, 0.25) is 0 Å². The molecule has 1 saturated carbocycles. The molecule has 2 heterocycles. The lowest BCUT2D eigenvalue weighted by atomic mass is 9.95. The number of carbonyl (C=O) groups is 3. The van der Waals surface area contributed by atoms with Gasteiger partial charge in [-0.1, -0.05) is 6.07 Å². The summed E-state index contributed by atoms with van der Waals surface area (Å²) in [5.41, 5.74) is 5.95. The SMILES string of the molecule is COC(=O)c1c(F)cccc1N1CCC(CNC(=O)C2(NC(=O)c3cncc(N)c3)CC2)CC1. The Kier molecular flexibility index (Phi) is 6.67. The summed E-state index contributed by atoms with van der Waals surface area (Å²) < 4.78 is 19.0. The van der Waals surface area contributed by atoms with Gasteiger partial charge in [-0.2, -0.15) is 0 Å². The number of nitrogens with two attached hydrogens (primary N) is 1. The monoisotopic (exact) mass is 469 g/mol. The summed E-state index contributed by atoms with van der Waals surface area (Å²) in [4.78, 5) is 43.2. The normalized spacial score (nSPS) is 17.1. The third-order valence-electron chi connectivity index (χ3n) is 6.45. The van der Waals surface area contributed by atoms with Gasteiger partial charge in [0.1, 0.15) is 16.9 Å². The Bertz CT molecular complexity index is 1100. The molecule has 10 heteroatoms. The van der Waals surface area contributed by atoms with Crippen LogP contribution in [0.1, 0.15) is 46.4 Å². The summed E-state index contributed by atoms with van der Waals surface area (Å²) in [5.74, 6) is -1.65. The lowest BCUT2D eigenvalue weighted by molar-refractivity contribution is -0.124. The number of hydrogen-bond donors (Lipinski definition) is 3. The Labute approximate surface area is 196 Å². The topological polar surface area (TPSA) is 127 Å². The van der Waals surface area contributed by atoms with E-state index < -0.39 is 17.3 Å². The molecule has 0 unspecified atom stereocenters. The zero-order valence-electron chi connectivity index (χ0n) is 19.0. The number of esters is 1. The Hall–Kier alpha value is -3.69. The average Bonchev–Trinajstić information content (AvgIpc) is 3.63. The second kappa shape index (κ2) is 9.66. The number of pyridine rings is 1. The van der Waals surface area contributed by atoms with Crippen molar-refractivity contribution in [3.63, 3.8) is 0 Å². The van der Waals surface area contributed by atoms with Crippen LogP contribution in [-0.2, 0) is 9.53 Å². The molecule has 0 atom stereocenters. The molecule has 1 aliphatic heterocycles. The molecule has 4 N–H and O–H groups in total. The summed E-state index contributed by atoms with van der Waals surface area (Å²) in [7, 11) is 1.23. The molecule has 2 amide bonds. The number of amides is 2. The van der Waals surface area contributed by atoms with E-state index in [1.807, 2.05) is 4.90 Å². The zero-order chi connectivity index (χ0) is 24.3. The van der Waals surface area contributed by atoms with E-state index in [0.29, 0.717) is 49.4 Å². The minimum atomic E-state index is -0.890. The minimum Gasteiger partial charge on any atom is -0.465 e. The van der Waals surface area contributed by atoms with Crippen molar-refractivity contribution in [3.8, 4) is 0 Å². The van der Waals surface area contributed by atoms with Crippen molar-refractivity contribution in [3.05, 3.63) is 53.6 Å². The van der Waals surface area contributed by atoms with E-state index in [2.05, 4.69) is 15.6 Å². The first kappa shape index (κ1) is 23.5. The Balaban J connectivity index is 1.29. The molecule has 4 rings (SSSR count). The fourth-order valence-corrected chi connectivity index (χ4v) is 4.27. The lowest BCUT2D eigenvalue weighted by Gasteiger charge is -2.34. The molecule has 2 fully saturated rings. The van der Waals surface area contributed by atoms with Gasteiger partial charge in [-0.05, 0) is 49.8 Å². The van der Waals surface area contributed by atoms with Gasteiger partial charge >= 0.3 is 5.97 Å². The van der Waals surface area contributed by atoms with Crippen LogP contribution in [0.3, 0.4) is 0 Å². The first-order valence-electron chi connectivity index (χ1n) is 11.3. The van der Waals surface area contributed by atoms with Crippen LogP contribution in [0, 0.1) is 11.7 Å². The van der Waals surface area contributed by atoms with Gasteiger partial charge in [-0.15, -0.1) is 0 Å². The molecule has 2 aliphatic rings. The van der Waals surface area contributed by atoms with E-state index in [4.69, 9.17) is 10.5 Å². The number of methoxy groups -OCH3 is 1.